The molecule has 122 valence electrons. The average molecular weight is 330 g/mol. The molecule has 5 rings (SSSR count). The fraction of sp³-hybridized carbons (Fsp3) is 0.0588. The van der Waals surface area contributed by atoms with Crippen LogP contribution in [0.25, 0.3) is 27.9 Å². The van der Waals surface area contributed by atoms with Gasteiger partial charge in [0.25, 0.3) is 0 Å². The lowest BCUT2D eigenvalue weighted by Gasteiger charge is -2.07. The zero-order valence-corrected chi connectivity index (χ0v) is 13.4. The normalized spacial score (nSPS) is 11.4. The Morgan fingerprint density at radius 3 is 2.96 bits per heavy atom. The molecule has 4 aromatic heterocycles. The van der Waals surface area contributed by atoms with E-state index in [4.69, 9.17) is 0 Å². The Hall–Kier alpha value is -3.68. The first-order chi connectivity index (χ1) is 12.3. The van der Waals surface area contributed by atoms with E-state index in [1.165, 1.54) is 0 Å². The summed E-state index contributed by atoms with van der Waals surface area (Å²) >= 11 is 0. The summed E-state index contributed by atoms with van der Waals surface area (Å²) in [6.45, 7) is 0. The van der Waals surface area contributed by atoms with Crippen molar-refractivity contribution in [2.45, 2.75) is 0 Å². The zero-order chi connectivity index (χ0) is 16.8. The van der Waals surface area contributed by atoms with Gasteiger partial charge in [-0.2, -0.15) is 5.10 Å². The fourth-order valence-electron chi connectivity index (χ4n) is 2.96. The Bertz CT molecular complexity index is 1180. The summed E-state index contributed by atoms with van der Waals surface area (Å²) < 4.78 is 3.98. The van der Waals surface area contributed by atoms with Crippen LogP contribution in [0.1, 0.15) is 0 Å². The van der Waals surface area contributed by atoms with E-state index in [2.05, 4.69) is 30.5 Å². The van der Waals surface area contributed by atoms with E-state index in [0.717, 1.165) is 33.6 Å². The van der Waals surface area contributed by atoms with Gasteiger partial charge in [0.2, 0.25) is 0 Å². The van der Waals surface area contributed by atoms with E-state index in [-0.39, 0.29) is 0 Å². The number of anilines is 2. The van der Waals surface area contributed by atoms with Gasteiger partial charge in [0.15, 0.2) is 11.5 Å². The number of aromatic amines is 1. The second-order valence-corrected chi connectivity index (χ2v) is 5.78. The van der Waals surface area contributed by atoms with Crippen molar-refractivity contribution in [1.82, 2.24) is 34.1 Å². The minimum atomic E-state index is 0.688. The van der Waals surface area contributed by atoms with Crippen LogP contribution in [-0.4, -0.2) is 34.1 Å². The molecule has 0 fully saturated rings. The van der Waals surface area contributed by atoms with Crippen LogP contribution in [0.4, 0.5) is 11.5 Å². The molecule has 0 atom stereocenters. The molecule has 1 aromatic carbocycles. The van der Waals surface area contributed by atoms with Gasteiger partial charge in [-0.15, -0.1) is 0 Å². The van der Waals surface area contributed by atoms with E-state index in [1.54, 1.807) is 18.7 Å². The molecule has 0 spiro atoms. The number of H-pyrrole nitrogens is 1. The number of nitrogens with one attached hydrogen (secondary N) is 2. The molecule has 0 saturated carbocycles. The molecule has 0 aliphatic carbocycles. The monoisotopic (exact) mass is 330 g/mol. The van der Waals surface area contributed by atoms with E-state index in [9.17, 15) is 0 Å². The molecule has 5 aromatic rings. The first kappa shape index (κ1) is 13.7. The molecule has 8 heteroatoms. The van der Waals surface area contributed by atoms with Gasteiger partial charge in [0.05, 0.1) is 35.4 Å². The van der Waals surface area contributed by atoms with E-state index in [0.29, 0.717) is 5.82 Å². The maximum atomic E-state index is 4.51. The molecule has 0 unspecified atom stereocenters. The zero-order valence-electron chi connectivity index (χ0n) is 13.4. The van der Waals surface area contributed by atoms with Crippen molar-refractivity contribution < 1.29 is 0 Å². The Kier molecular flexibility index (Phi) is 2.84. The van der Waals surface area contributed by atoms with Crippen molar-refractivity contribution in [3.63, 3.8) is 0 Å². The number of rotatable bonds is 3. The van der Waals surface area contributed by atoms with Crippen molar-refractivity contribution in [1.29, 1.82) is 0 Å². The van der Waals surface area contributed by atoms with Crippen LogP contribution in [0.15, 0.2) is 55.5 Å². The van der Waals surface area contributed by atoms with Gasteiger partial charge in [0, 0.05) is 36.9 Å². The highest BCUT2D eigenvalue weighted by molar-refractivity contribution is 5.82. The van der Waals surface area contributed by atoms with Crippen molar-refractivity contribution in [2.24, 2.45) is 7.05 Å². The Morgan fingerprint density at radius 1 is 1.12 bits per heavy atom. The van der Waals surface area contributed by atoms with Crippen molar-refractivity contribution in [3.05, 3.63) is 55.5 Å². The van der Waals surface area contributed by atoms with Crippen LogP contribution in [0.5, 0.6) is 0 Å². The van der Waals surface area contributed by atoms with Gasteiger partial charge in [0.1, 0.15) is 0 Å². The molecule has 0 bridgehead atoms. The highest BCUT2D eigenvalue weighted by atomic mass is 15.1. The van der Waals surface area contributed by atoms with Crippen LogP contribution in [0.3, 0.4) is 0 Å². The number of hydrogen-bond acceptors (Lipinski definition) is 5. The van der Waals surface area contributed by atoms with Crippen LogP contribution < -0.4 is 5.32 Å². The number of benzene rings is 1. The standard InChI is InChI=1S/C17H14N8/c1-24-10-20-13-6-12(2-3-14(13)24)23-16-17-19-9-15(11-7-21-22-8-11)25(17)5-4-18-16/h2-10H,1H3,(H,18,23)(H,21,22). The SMILES string of the molecule is Cn1cnc2cc(Nc3nccn4c(-c5cn[nH]c5)cnc34)ccc21. The molecule has 0 saturated heterocycles. The third kappa shape index (κ3) is 2.15. The van der Waals surface area contributed by atoms with Gasteiger partial charge in [-0.25, -0.2) is 15.0 Å². The predicted octanol–water partition coefficient (Wildman–Crippen LogP) is 2.75. The topological polar surface area (TPSA) is 88.7 Å². The summed E-state index contributed by atoms with van der Waals surface area (Å²) in [5.74, 6) is 0.688. The molecule has 25 heavy (non-hydrogen) atoms. The maximum absolute atomic E-state index is 4.51. The Labute approximate surface area is 142 Å². The summed E-state index contributed by atoms with van der Waals surface area (Å²) in [6.07, 6.45) is 10.9. The summed E-state index contributed by atoms with van der Waals surface area (Å²) in [7, 11) is 1.98. The summed E-state index contributed by atoms with van der Waals surface area (Å²) in [5, 5.41) is 10.2. The number of hydrogen-bond donors (Lipinski definition) is 2. The minimum Gasteiger partial charge on any atom is -0.337 e. The van der Waals surface area contributed by atoms with Gasteiger partial charge in [-0.1, -0.05) is 0 Å². The number of nitrogens with zero attached hydrogens (tertiary/aromatic N) is 6. The largest absolute Gasteiger partial charge is 0.337 e. The lowest BCUT2D eigenvalue weighted by atomic mass is 10.2. The molecule has 2 N–H and O–H groups in total. The van der Waals surface area contributed by atoms with Crippen LogP contribution in [-0.2, 0) is 7.05 Å². The number of aromatic nitrogens is 7. The average Bonchev–Trinajstić information content (AvgIpc) is 3.35. The Balaban J connectivity index is 1.58. The molecule has 0 aliphatic rings. The number of aryl methyl sites for hydroxylation is 1. The smallest absolute Gasteiger partial charge is 0.180 e. The molecule has 0 amide bonds. The first-order valence-corrected chi connectivity index (χ1v) is 7.79. The summed E-state index contributed by atoms with van der Waals surface area (Å²) in [6, 6.07) is 6.04. The van der Waals surface area contributed by atoms with Gasteiger partial charge < -0.3 is 9.88 Å². The highest BCUT2D eigenvalue weighted by Crippen LogP contribution is 2.25. The van der Waals surface area contributed by atoms with Crippen molar-refractivity contribution in [3.8, 4) is 11.3 Å². The third-order valence-electron chi connectivity index (χ3n) is 4.21. The lowest BCUT2D eigenvalue weighted by molar-refractivity contribution is 0.948. The predicted molar refractivity (Wildman–Crippen MR) is 94.6 cm³/mol. The van der Waals surface area contributed by atoms with Crippen LogP contribution >= 0.6 is 0 Å². The number of fused-ring (bicyclic) bond motifs is 2. The van der Waals surface area contributed by atoms with E-state index < -0.39 is 0 Å². The Morgan fingerprint density at radius 2 is 2.08 bits per heavy atom. The van der Waals surface area contributed by atoms with E-state index in [1.807, 2.05) is 52.8 Å². The quantitative estimate of drug-likeness (QED) is 0.531. The van der Waals surface area contributed by atoms with Gasteiger partial charge >= 0.3 is 0 Å². The third-order valence-corrected chi connectivity index (χ3v) is 4.21. The molecule has 0 radical (unpaired) electrons. The van der Waals surface area contributed by atoms with Crippen LogP contribution in [0.2, 0.25) is 0 Å². The fourth-order valence-corrected chi connectivity index (χ4v) is 2.96. The highest BCUT2D eigenvalue weighted by Gasteiger charge is 2.11. The van der Waals surface area contributed by atoms with E-state index >= 15 is 0 Å². The van der Waals surface area contributed by atoms with Crippen LogP contribution in [0, 0.1) is 0 Å². The lowest BCUT2D eigenvalue weighted by Crippen LogP contribution is -1.98. The molecular formula is C17H14N8. The molecular weight excluding hydrogens is 316 g/mol. The first-order valence-electron chi connectivity index (χ1n) is 7.79. The summed E-state index contributed by atoms with van der Waals surface area (Å²) in [4.78, 5) is 13.3. The minimum absolute atomic E-state index is 0.688. The maximum Gasteiger partial charge on any atom is 0.180 e. The second-order valence-electron chi connectivity index (χ2n) is 5.78. The molecule has 8 nitrogen and oxygen atoms in total. The van der Waals surface area contributed by atoms with Crippen molar-refractivity contribution >= 4 is 28.2 Å². The van der Waals surface area contributed by atoms with Crippen molar-refractivity contribution in [2.75, 3.05) is 5.32 Å². The van der Waals surface area contributed by atoms with Gasteiger partial charge in [-0.05, 0) is 18.2 Å². The second kappa shape index (κ2) is 5.17. The van der Waals surface area contributed by atoms with Gasteiger partial charge in [-0.3, -0.25) is 9.50 Å². The molecule has 0 aliphatic heterocycles. The summed E-state index contributed by atoms with van der Waals surface area (Å²) in [5.41, 5.74) is 5.61. The molecule has 4 heterocycles. The number of imidazole rings is 2.